The minimum absolute atomic E-state index is 0.0282. The zero-order valence-corrected chi connectivity index (χ0v) is 23.1. The Morgan fingerprint density at radius 2 is 1.87 bits per heavy atom. The van der Waals surface area contributed by atoms with Gasteiger partial charge in [0.2, 0.25) is 5.78 Å². The maximum Gasteiger partial charge on any atom is 0.255 e. The number of nitrogens with two attached hydrogens (primary N) is 1. The fourth-order valence-corrected chi connectivity index (χ4v) is 6.19. The van der Waals surface area contributed by atoms with Gasteiger partial charge in [0, 0.05) is 35.6 Å². The number of phenols is 1. The van der Waals surface area contributed by atoms with Crippen molar-refractivity contribution in [3.8, 4) is 11.5 Å². The predicted octanol–water partition coefficient (Wildman–Crippen LogP) is 2.69. The van der Waals surface area contributed by atoms with Crippen LogP contribution in [0.3, 0.4) is 0 Å². The number of amides is 1. The smallest absolute Gasteiger partial charge is 0.255 e. The zero-order chi connectivity index (χ0) is 29.0. The zero-order valence-electron chi connectivity index (χ0n) is 23.1. The van der Waals surface area contributed by atoms with Crippen molar-refractivity contribution in [3.05, 3.63) is 39.7 Å². The fraction of sp³-hybridized carbons (Fsp3) is 0.552. The van der Waals surface area contributed by atoms with Crippen LogP contribution in [0.4, 0.5) is 0 Å². The summed E-state index contributed by atoms with van der Waals surface area (Å²) in [6.45, 7) is 10.7. The van der Waals surface area contributed by atoms with Gasteiger partial charge in [0.05, 0.1) is 12.7 Å². The number of primary amides is 1. The number of hydrogen-bond acceptors (Lipinski definition) is 9. The fourth-order valence-electron chi connectivity index (χ4n) is 6.19. The Morgan fingerprint density at radius 3 is 2.44 bits per heavy atom. The molecule has 10 heteroatoms. The number of carbonyl (C=O) groups excluding carboxylic acids is 3. The van der Waals surface area contributed by atoms with Gasteiger partial charge in [-0.05, 0) is 49.8 Å². The molecule has 39 heavy (non-hydrogen) atoms. The normalized spacial score (nSPS) is 25.0. The topological polar surface area (TPSA) is 171 Å². The quantitative estimate of drug-likeness (QED) is 0.325. The minimum Gasteiger partial charge on any atom is -0.508 e. The number of nitrogens with zero attached hydrogens (tertiary/aromatic N) is 1. The predicted molar refractivity (Wildman–Crippen MR) is 143 cm³/mol. The van der Waals surface area contributed by atoms with Gasteiger partial charge in [-0.15, -0.1) is 0 Å². The van der Waals surface area contributed by atoms with Crippen LogP contribution in [0, 0.1) is 17.3 Å². The van der Waals surface area contributed by atoms with E-state index in [1.54, 1.807) is 0 Å². The Bertz CT molecular complexity index is 1310. The van der Waals surface area contributed by atoms with Crippen molar-refractivity contribution in [2.75, 3.05) is 20.2 Å². The second-order valence-electron chi connectivity index (χ2n) is 12.0. The molecular formula is C29H38N2O8. The average molecular weight is 543 g/mol. The van der Waals surface area contributed by atoms with Crippen LogP contribution in [0.5, 0.6) is 11.5 Å². The molecule has 1 amide bonds. The molecule has 0 heterocycles. The summed E-state index contributed by atoms with van der Waals surface area (Å²) in [5, 5.41) is 44.4. The Labute approximate surface area is 227 Å². The van der Waals surface area contributed by atoms with Crippen LogP contribution >= 0.6 is 0 Å². The summed E-state index contributed by atoms with van der Waals surface area (Å²) in [5.74, 6) is -5.99. The van der Waals surface area contributed by atoms with E-state index in [1.165, 1.54) is 13.2 Å². The van der Waals surface area contributed by atoms with E-state index >= 15 is 0 Å². The standard InChI is InChI=1S/C29H38N2O8/c1-6-31(8-7-28(2,3)4)13-15-11-18(32)21-17(24(15)39-5)10-14-9-16-12-19(33)22(27(30)37)26(36)29(16,38)25(35)20(14)23(21)34/h11,14,16,32,34,36,38H,6-10,12-13H2,1-5H3,(H2,30,37)/t14?,16-,29-/m0/s1. The summed E-state index contributed by atoms with van der Waals surface area (Å²) in [4.78, 5) is 40.2. The molecule has 212 valence electrons. The molecule has 1 saturated carbocycles. The highest BCUT2D eigenvalue weighted by Crippen LogP contribution is 2.53. The van der Waals surface area contributed by atoms with Gasteiger partial charge in [-0.2, -0.15) is 0 Å². The highest BCUT2D eigenvalue weighted by Gasteiger charge is 2.60. The van der Waals surface area contributed by atoms with Crippen molar-refractivity contribution >= 4 is 23.2 Å². The molecule has 4 rings (SSSR count). The number of Topliss-reactive ketones (excluding diaryl/α,β-unsaturated/α-hetero) is 2. The van der Waals surface area contributed by atoms with Gasteiger partial charge in [-0.25, -0.2) is 0 Å². The molecule has 1 unspecified atom stereocenters. The highest BCUT2D eigenvalue weighted by atomic mass is 16.5. The first kappa shape index (κ1) is 28.6. The van der Waals surface area contributed by atoms with Gasteiger partial charge in [-0.3, -0.25) is 19.3 Å². The Hall–Kier alpha value is -3.37. The maximum absolute atomic E-state index is 13.6. The Morgan fingerprint density at radius 1 is 1.21 bits per heavy atom. The van der Waals surface area contributed by atoms with Crippen LogP contribution in [0.15, 0.2) is 23.0 Å². The van der Waals surface area contributed by atoms with E-state index in [0.29, 0.717) is 17.9 Å². The lowest BCUT2D eigenvalue weighted by Gasteiger charge is -2.46. The number of fused-ring (bicyclic) bond motifs is 3. The lowest BCUT2D eigenvalue weighted by atomic mass is 9.59. The number of aromatic hydroxyl groups is 1. The number of aliphatic hydroxyl groups is 3. The number of methoxy groups -OCH3 is 1. The minimum atomic E-state index is -2.58. The molecule has 0 bridgehead atoms. The van der Waals surface area contributed by atoms with E-state index in [2.05, 4.69) is 32.6 Å². The molecule has 0 saturated heterocycles. The first-order chi connectivity index (χ1) is 18.1. The van der Waals surface area contributed by atoms with E-state index in [1.807, 2.05) is 0 Å². The van der Waals surface area contributed by atoms with Crippen molar-refractivity contribution in [1.29, 1.82) is 0 Å². The molecule has 1 aromatic carbocycles. The van der Waals surface area contributed by atoms with Crippen LogP contribution in [0.25, 0.3) is 5.76 Å². The van der Waals surface area contributed by atoms with Crippen LogP contribution in [-0.4, -0.2) is 68.6 Å². The maximum atomic E-state index is 13.6. The number of carbonyl (C=O) groups is 3. The lowest BCUT2D eigenvalue weighted by molar-refractivity contribution is -0.147. The number of ether oxygens (including phenoxy) is 1. The van der Waals surface area contributed by atoms with Crippen LogP contribution < -0.4 is 10.5 Å². The van der Waals surface area contributed by atoms with Gasteiger partial charge in [0.1, 0.15) is 28.6 Å². The molecule has 1 aromatic rings. The second-order valence-corrected chi connectivity index (χ2v) is 12.0. The SMILES string of the molecule is CCN(CCC(C)(C)C)Cc1cc(O)c2c(c1OC)CC1C[C@H]3CC(=O)C(C(N)=O)=C(O)[C@@]3(O)C(=O)C1=C2O. The molecule has 3 aliphatic rings. The summed E-state index contributed by atoms with van der Waals surface area (Å²) < 4.78 is 5.79. The number of rotatable bonds is 7. The number of aliphatic hydroxyl groups excluding tert-OH is 2. The molecule has 0 aromatic heterocycles. The van der Waals surface area contributed by atoms with E-state index in [-0.39, 0.29) is 41.6 Å². The van der Waals surface area contributed by atoms with E-state index in [4.69, 9.17) is 10.5 Å². The molecule has 0 aliphatic heterocycles. The molecule has 3 aliphatic carbocycles. The molecule has 0 spiro atoms. The molecule has 3 atom stereocenters. The van der Waals surface area contributed by atoms with E-state index in [9.17, 15) is 34.8 Å². The highest BCUT2D eigenvalue weighted by molar-refractivity contribution is 6.22. The summed E-state index contributed by atoms with van der Waals surface area (Å²) >= 11 is 0. The third kappa shape index (κ3) is 4.69. The molecule has 6 N–H and O–H groups in total. The van der Waals surface area contributed by atoms with E-state index < -0.39 is 52.0 Å². The largest absolute Gasteiger partial charge is 0.508 e. The van der Waals surface area contributed by atoms with Crippen molar-refractivity contribution < 1.29 is 39.5 Å². The summed E-state index contributed by atoms with van der Waals surface area (Å²) in [6, 6.07) is 1.52. The monoisotopic (exact) mass is 542 g/mol. The number of ketones is 2. The average Bonchev–Trinajstić information content (AvgIpc) is 2.83. The molecule has 10 nitrogen and oxygen atoms in total. The Kier molecular flexibility index (Phi) is 7.33. The van der Waals surface area contributed by atoms with Gasteiger partial charge < -0.3 is 30.9 Å². The van der Waals surface area contributed by atoms with E-state index in [0.717, 1.165) is 25.1 Å². The van der Waals surface area contributed by atoms with Gasteiger partial charge in [0.25, 0.3) is 5.91 Å². The molecule has 0 radical (unpaired) electrons. The Balaban J connectivity index is 1.79. The van der Waals surface area contributed by atoms with Gasteiger partial charge in [0.15, 0.2) is 11.4 Å². The van der Waals surface area contributed by atoms with Crippen LogP contribution in [-0.2, 0) is 27.3 Å². The molecular weight excluding hydrogens is 504 g/mol. The lowest BCUT2D eigenvalue weighted by Crippen LogP contribution is -2.58. The second kappa shape index (κ2) is 9.98. The molecule has 1 fully saturated rings. The first-order valence-corrected chi connectivity index (χ1v) is 13.3. The summed E-state index contributed by atoms with van der Waals surface area (Å²) in [7, 11) is 1.51. The van der Waals surface area contributed by atoms with Crippen molar-refractivity contribution in [2.24, 2.45) is 23.0 Å². The summed E-state index contributed by atoms with van der Waals surface area (Å²) in [5.41, 5.74) is 3.13. The van der Waals surface area contributed by atoms with Crippen LogP contribution in [0.1, 0.15) is 63.6 Å². The van der Waals surface area contributed by atoms with Crippen molar-refractivity contribution in [2.45, 2.75) is 65.5 Å². The number of phenolic OH excluding ortho intramolecular Hbond substituents is 1. The number of hydrogen-bond donors (Lipinski definition) is 5. The summed E-state index contributed by atoms with van der Waals surface area (Å²) in [6.07, 6.45) is 0.888. The first-order valence-electron chi connectivity index (χ1n) is 13.3. The van der Waals surface area contributed by atoms with Gasteiger partial charge >= 0.3 is 0 Å². The van der Waals surface area contributed by atoms with Crippen molar-refractivity contribution in [1.82, 2.24) is 4.90 Å². The third-order valence-corrected chi connectivity index (χ3v) is 8.31. The third-order valence-electron chi connectivity index (χ3n) is 8.31. The van der Waals surface area contributed by atoms with Crippen LogP contribution in [0.2, 0.25) is 0 Å². The number of benzene rings is 1. The van der Waals surface area contributed by atoms with Gasteiger partial charge in [-0.1, -0.05) is 27.7 Å². The van der Waals surface area contributed by atoms with Crippen molar-refractivity contribution in [3.63, 3.8) is 0 Å².